The first-order valence-electron chi connectivity index (χ1n) is 10.1. The molecule has 0 fully saturated rings. The molecule has 2 aliphatic heterocycles. The van der Waals surface area contributed by atoms with Gasteiger partial charge >= 0.3 is 6.03 Å². The van der Waals surface area contributed by atoms with Crippen LogP contribution in [0.3, 0.4) is 0 Å². The van der Waals surface area contributed by atoms with Crippen molar-refractivity contribution in [3.63, 3.8) is 0 Å². The Balaban J connectivity index is 1.18. The van der Waals surface area contributed by atoms with Crippen molar-refractivity contribution in [1.29, 1.82) is 0 Å². The van der Waals surface area contributed by atoms with Gasteiger partial charge in [-0.2, -0.15) is 4.31 Å². The van der Waals surface area contributed by atoms with E-state index in [1.165, 1.54) is 15.6 Å². The maximum atomic E-state index is 13.1. The average Bonchev–Trinajstić information content (AvgIpc) is 3.52. The second kappa shape index (κ2) is 8.19. The lowest BCUT2D eigenvalue weighted by Crippen LogP contribution is -2.41. The molecule has 0 aliphatic carbocycles. The highest BCUT2D eigenvalue weighted by molar-refractivity contribution is 7.89. The molecule has 2 amide bonds. The minimum absolute atomic E-state index is 0.153. The van der Waals surface area contributed by atoms with E-state index in [-0.39, 0.29) is 10.9 Å². The van der Waals surface area contributed by atoms with Crippen LogP contribution in [0.2, 0.25) is 0 Å². The highest BCUT2D eigenvalue weighted by atomic mass is 32.2. The van der Waals surface area contributed by atoms with Gasteiger partial charge in [0, 0.05) is 32.7 Å². The van der Waals surface area contributed by atoms with Crippen LogP contribution in [0.25, 0.3) is 10.2 Å². The first-order chi connectivity index (χ1) is 15.4. The predicted octanol–water partition coefficient (Wildman–Crippen LogP) is 2.83. The van der Waals surface area contributed by atoms with Crippen molar-refractivity contribution in [2.75, 3.05) is 33.3 Å². The van der Waals surface area contributed by atoms with Crippen LogP contribution in [0.1, 0.15) is 5.56 Å². The smallest absolute Gasteiger partial charge is 0.318 e. The van der Waals surface area contributed by atoms with Crippen molar-refractivity contribution in [3.05, 3.63) is 64.7 Å². The van der Waals surface area contributed by atoms with Crippen LogP contribution in [-0.4, -0.2) is 61.9 Å². The fourth-order valence-electron chi connectivity index (χ4n) is 4.04. The minimum Gasteiger partial charge on any atom is -0.497 e. The molecule has 166 valence electrons. The van der Waals surface area contributed by atoms with Crippen molar-refractivity contribution in [2.45, 2.75) is 11.4 Å². The van der Waals surface area contributed by atoms with Gasteiger partial charge in [0.1, 0.15) is 5.75 Å². The summed E-state index contributed by atoms with van der Waals surface area (Å²) < 4.78 is 33.8. The Bertz CT molecular complexity index is 1300. The van der Waals surface area contributed by atoms with Gasteiger partial charge in [-0.15, -0.1) is 11.3 Å². The summed E-state index contributed by atoms with van der Waals surface area (Å²) in [6.45, 7) is 1.96. The number of methoxy groups -OCH3 is 1. The Hall–Kier alpha value is -2.95. The topological polar surface area (TPSA) is 91.8 Å². The number of thiazole rings is 1. The van der Waals surface area contributed by atoms with E-state index in [1.807, 2.05) is 24.3 Å². The zero-order valence-electron chi connectivity index (χ0n) is 17.4. The number of sulfonamides is 1. The van der Waals surface area contributed by atoms with E-state index in [4.69, 9.17) is 4.74 Å². The minimum atomic E-state index is -3.60. The number of carbonyl (C=O) groups excluding carboxylic acids is 1. The Labute approximate surface area is 190 Å². The lowest BCUT2D eigenvalue weighted by molar-refractivity contribution is 0.208. The molecule has 0 saturated heterocycles. The highest BCUT2D eigenvalue weighted by Crippen LogP contribution is 2.31. The third kappa shape index (κ3) is 3.85. The number of hydrogen-bond acceptors (Lipinski definition) is 6. The van der Waals surface area contributed by atoms with E-state index >= 15 is 0 Å². The van der Waals surface area contributed by atoms with Crippen molar-refractivity contribution >= 4 is 37.6 Å². The number of nitrogens with zero attached hydrogens (tertiary/aromatic N) is 3. The monoisotopic (exact) mass is 470 g/mol. The van der Waals surface area contributed by atoms with E-state index in [0.717, 1.165) is 32.7 Å². The molecule has 0 unspecified atom stereocenters. The maximum Gasteiger partial charge on any atom is 0.318 e. The van der Waals surface area contributed by atoms with Crippen LogP contribution >= 0.6 is 11.3 Å². The molecule has 0 radical (unpaired) electrons. The standard InChI is InChI=1S/C22H22N4O4S2/c1-30-18-4-2-15(3-5-18)9-23-22(27)25-10-16-12-26(13-17(16)11-25)32(28,29)19-6-7-20-21(8-19)31-14-24-20/h2-8,14H,9-13H2,1H3,(H,23,27). The lowest BCUT2D eigenvalue weighted by atomic mass is 10.2. The van der Waals surface area contributed by atoms with E-state index in [0.29, 0.717) is 32.7 Å². The van der Waals surface area contributed by atoms with E-state index in [1.54, 1.807) is 35.7 Å². The largest absolute Gasteiger partial charge is 0.497 e. The number of urea groups is 1. The molecule has 5 rings (SSSR count). The van der Waals surface area contributed by atoms with E-state index < -0.39 is 10.0 Å². The zero-order chi connectivity index (χ0) is 22.3. The van der Waals surface area contributed by atoms with Crippen LogP contribution in [0.4, 0.5) is 4.79 Å². The number of nitrogens with one attached hydrogen (secondary N) is 1. The molecular formula is C22H22N4O4S2. The van der Waals surface area contributed by atoms with Crippen molar-refractivity contribution in [1.82, 2.24) is 19.5 Å². The van der Waals surface area contributed by atoms with Gasteiger partial charge < -0.3 is 15.0 Å². The molecular weight excluding hydrogens is 448 g/mol. The number of benzene rings is 2. The highest BCUT2D eigenvalue weighted by Gasteiger charge is 2.37. The first-order valence-corrected chi connectivity index (χ1v) is 12.4. The molecule has 2 aromatic carbocycles. The summed E-state index contributed by atoms with van der Waals surface area (Å²) in [6.07, 6.45) is 0. The summed E-state index contributed by atoms with van der Waals surface area (Å²) in [4.78, 5) is 18.8. The van der Waals surface area contributed by atoms with Gasteiger partial charge in [0.15, 0.2) is 0 Å². The normalized spacial score (nSPS) is 16.6. The van der Waals surface area contributed by atoms with Gasteiger partial charge in [0.05, 0.1) is 27.7 Å². The number of ether oxygens (including phenoxy) is 1. The summed E-state index contributed by atoms with van der Waals surface area (Å²) >= 11 is 1.42. The molecule has 1 N–H and O–H groups in total. The number of carbonyl (C=O) groups is 1. The zero-order valence-corrected chi connectivity index (χ0v) is 19.1. The molecule has 0 atom stereocenters. The maximum absolute atomic E-state index is 13.1. The average molecular weight is 471 g/mol. The molecule has 1 aromatic heterocycles. The van der Waals surface area contributed by atoms with Crippen LogP contribution in [0.5, 0.6) is 5.75 Å². The Morgan fingerprint density at radius 3 is 2.50 bits per heavy atom. The van der Waals surface area contributed by atoms with Crippen molar-refractivity contribution in [3.8, 4) is 5.75 Å². The Morgan fingerprint density at radius 1 is 1.09 bits per heavy atom. The van der Waals surface area contributed by atoms with Gasteiger partial charge in [-0.1, -0.05) is 12.1 Å². The fourth-order valence-corrected chi connectivity index (χ4v) is 6.28. The molecule has 0 bridgehead atoms. The van der Waals surface area contributed by atoms with Crippen LogP contribution in [-0.2, 0) is 16.6 Å². The van der Waals surface area contributed by atoms with Gasteiger partial charge in [-0.05, 0) is 47.0 Å². The summed E-state index contributed by atoms with van der Waals surface area (Å²) in [5.74, 6) is 0.770. The number of aromatic nitrogens is 1. The Kier molecular flexibility index (Phi) is 5.36. The molecule has 0 spiro atoms. The van der Waals surface area contributed by atoms with Gasteiger partial charge in [0.2, 0.25) is 10.0 Å². The molecule has 8 nitrogen and oxygen atoms in total. The summed E-state index contributed by atoms with van der Waals surface area (Å²) in [5, 5.41) is 2.93. The second-order valence-corrected chi connectivity index (χ2v) is 10.6. The fraction of sp³-hybridized carbons (Fsp3) is 0.273. The SMILES string of the molecule is COc1ccc(CNC(=O)N2CC3=C(C2)CN(S(=O)(=O)c2ccc4ncsc4c2)C3)cc1. The van der Waals surface area contributed by atoms with E-state index in [9.17, 15) is 13.2 Å². The predicted molar refractivity (Wildman–Crippen MR) is 122 cm³/mol. The number of hydrogen-bond donors (Lipinski definition) is 1. The lowest BCUT2D eigenvalue weighted by Gasteiger charge is -2.23. The molecule has 0 saturated carbocycles. The van der Waals surface area contributed by atoms with E-state index in [2.05, 4.69) is 10.3 Å². The number of rotatable bonds is 5. The first kappa shape index (κ1) is 20.9. The van der Waals surface area contributed by atoms with Gasteiger partial charge in [-0.3, -0.25) is 0 Å². The number of amides is 2. The van der Waals surface area contributed by atoms with Crippen molar-refractivity contribution < 1.29 is 17.9 Å². The second-order valence-electron chi connectivity index (χ2n) is 7.82. The molecule has 3 aromatic rings. The molecule has 3 heterocycles. The Morgan fingerprint density at radius 2 is 1.81 bits per heavy atom. The van der Waals surface area contributed by atoms with Gasteiger partial charge in [0.25, 0.3) is 0 Å². The summed E-state index contributed by atoms with van der Waals surface area (Å²) in [6, 6.07) is 12.4. The van der Waals surface area contributed by atoms with Gasteiger partial charge in [-0.25, -0.2) is 18.2 Å². The molecule has 10 heteroatoms. The summed E-state index contributed by atoms with van der Waals surface area (Å²) in [5.41, 5.74) is 5.50. The van der Waals surface area contributed by atoms with Crippen molar-refractivity contribution in [2.24, 2.45) is 0 Å². The quantitative estimate of drug-likeness (QED) is 0.579. The molecule has 2 aliphatic rings. The molecule has 32 heavy (non-hydrogen) atoms. The third-order valence-electron chi connectivity index (χ3n) is 5.83. The summed E-state index contributed by atoms with van der Waals surface area (Å²) in [7, 11) is -1.99. The number of fused-ring (bicyclic) bond motifs is 1. The van der Waals surface area contributed by atoms with Crippen LogP contribution in [0.15, 0.2) is 64.0 Å². The third-order valence-corrected chi connectivity index (χ3v) is 8.41. The van der Waals surface area contributed by atoms with Crippen LogP contribution in [0, 0.1) is 0 Å². The van der Waals surface area contributed by atoms with Crippen LogP contribution < -0.4 is 10.1 Å².